The van der Waals surface area contributed by atoms with Crippen LogP contribution in [0.4, 0.5) is 0 Å². The van der Waals surface area contributed by atoms with Crippen molar-refractivity contribution in [2.24, 2.45) is 5.92 Å². The van der Waals surface area contributed by atoms with Gasteiger partial charge in [-0.05, 0) is 62.3 Å². The molecular weight excluding hydrogens is 424 g/mol. The third-order valence-corrected chi connectivity index (χ3v) is 6.52. The van der Waals surface area contributed by atoms with Gasteiger partial charge in [0.15, 0.2) is 5.69 Å². The van der Waals surface area contributed by atoms with Crippen LogP contribution in [0.2, 0.25) is 0 Å². The summed E-state index contributed by atoms with van der Waals surface area (Å²) in [5.74, 6) is 0.395. The van der Waals surface area contributed by atoms with Gasteiger partial charge < -0.3 is 9.72 Å². The average Bonchev–Trinajstić information content (AvgIpc) is 3.16. The highest BCUT2D eigenvalue weighted by Gasteiger charge is 2.25. The third-order valence-electron chi connectivity index (χ3n) is 4.79. The van der Waals surface area contributed by atoms with Crippen LogP contribution in [-0.2, 0) is 11.2 Å². The lowest BCUT2D eigenvalue weighted by Gasteiger charge is -2.02. The highest BCUT2D eigenvalue weighted by molar-refractivity contribution is 9.10. The van der Waals surface area contributed by atoms with E-state index in [1.807, 2.05) is 0 Å². The zero-order chi connectivity index (χ0) is 19.0. The summed E-state index contributed by atoms with van der Waals surface area (Å²) in [6.07, 6.45) is 3.60. The van der Waals surface area contributed by atoms with Crippen molar-refractivity contribution >= 4 is 33.2 Å². The molecule has 6 heteroatoms. The van der Waals surface area contributed by atoms with Gasteiger partial charge in [0.2, 0.25) is 0 Å². The first kappa shape index (κ1) is 18.4. The van der Waals surface area contributed by atoms with Crippen molar-refractivity contribution in [1.82, 2.24) is 9.97 Å². The first-order valence-electron chi connectivity index (χ1n) is 9.16. The van der Waals surface area contributed by atoms with Crippen molar-refractivity contribution in [2.45, 2.75) is 33.1 Å². The molecule has 0 aliphatic heterocycles. The van der Waals surface area contributed by atoms with E-state index in [1.54, 1.807) is 12.3 Å². The van der Waals surface area contributed by atoms with Crippen LogP contribution in [0.15, 0.2) is 34.1 Å². The zero-order valence-corrected chi connectivity index (χ0v) is 17.7. The fourth-order valence-electron chi connectivity index (χ4n) is 3.07. The topological polar surface area (TPSA) is 55.0 Å². The van der Waals surface area contributed by atoms with Crippen LogP contribution in [0.3, 0.4) is 0 Å². The van der Waals surface area contributed by atoms with E-state index in [4.69, 9.17) is 4.74 Å². The van der Waals surface area contributed by atoms with Gasteiger partial charge in [-0.3, -0.25) is 0 Å². The summed E-state index contributed by atoms with van der Waals surface area (Å²) in [6.45, 7) is 4.24. The second-order valence-electron chi connectivity index (χ2n) is 6.95. The second kappa shape index (κ2) is 7.60. The van der Waals surface area contributed by atoms with E-state index in [1.165, 1.54) is 35.4 Å². The number of aromatic nitrogens is 2. The minimum Gasteiger partial charge on any atom is -0.461 e. The van der Waals surface area contributed by atoms with Gasteiger partial charge in [-0.15, -0.1) is 11.3 Å². The highest BCUT2D eigenvalue weighted by Crippen LogP contribution is 2.38. The molecule has 0 radical (unpaired) electrons. The number of hydrogen-bond acceptors (Lipinski definition) is 4. The van der Waals surface area contributed by atoms with E-state index in [0.29, 0.717) is 12.3 Å². The molecule has 4 nitrogen and oxygen atoms in total. The molecule has 0 unspecified atom stereocenters. The van der Waals surface area contributed by atoms with Gasteiger partial charge in [0, 0.05) is 26.8 Å². The van der Waals surface area contributed by atoms with Gasteiger partial charge >= 0.3 is 5.97 Å². The van der Waals surface area contributed by atoms with Crippen molar-refractivity contribution in [1.29, 1.82) is 0 Å². The number of aromatic amines is 1. The second-order valence-corrected chi connectivity index (χ2v) is 8.66. The summed E-state index contributed by atoms with van der Waals surface area (Å²) < 4.78 is 6.17. The van der Waals surface area contributed by atoms with Crippen molar-refractivity contribution in [3.8, 4) is 21.8 Å². The number of aryl methyl sites for hydroxylation is 1. The van der Waals surface area contributed by atoms with Crippen LogP contribution in [0.1, 0.15) is 41.5 Å². The maximum absolute atomic E-state index is 12.0. The number of benzene rings is 1. The summed E-state index contributed by atoms with van der Waals surface area (Å²) in [6, 6.07) is 8.53. The Morgan fingerprint density at radius 3 is 2.89 bits per heavy atom. The Labute approximate surface area is 171 Å². The van der Waals surface area contributed by atoms with Gasteiger partial charge in [0.1, 0.15) is 5.01 Å². The predicted molar refractivity (Wildman–Crippen MR) is 112 cm³/mol. The summed E-state index contributed by atoms with van der Waals surface area (Å²) in [4.78, 5) is 20.1. The molecule has 3 aromatic rings. The zero-order valence-electron chi connectivity index (χ0n) is 15.3. The van der Waals surface area contributed by atoms with Gasteiger partial charge in [0.25, 0.3) is 0 Å². The molecule has 0 atom stereocenters. The first-order chi connectivity index (χ1) is 13.0. The van der Waals surface area contributed by atoms with E-state index in [0.717, 1.165) is 38.6 Å². The van der Waals surface area contributed by atoms with Gasteiger partial charge in [-0.25, -0.2) is 9.78 Å². The Morgan fingerprint density at radius 2 is 2.19 bits per heavy atom. The minimum atomic E-state index is -0.359. The van der Waals surface area contributed by atoms with Gasteiger partial charge in [-0.2, -0.15) is 0 Å². The molecule has 0 saturated heterocycles. The van der Waals surface area contributed by atoms with E-state index in [9.17, 15) is 4.79 Å². The number of nitrogens with zero attached hydrogens (tertiary/aromatic N) is 1. The maximum atomic E-state index is 12.0. The number of carbonyl (C=O) groups is 1. The molecule has 0 amide bonds. The number of halogens is 1. The monoisotopic (exact) mass is 444 g/mol. The Hall–Kier alpha value is -1.92. The Morgan fingerprint density at radius 1 is 1.37 bits per heavy atom. The quantitative estimate of drug-likeness (QED) is 0.473. The van der Waals surface area contributed by atoms with Crippen molar-refractivity contribution < 1.29 is 9.53 Å². The van der Waals surface area contributed by atoms with Crippen LogP contribution >= 0.6 is 27.3 Å². The van der Waals surface area contributed by atoms with Crippen LogP contribution < -0.4 is 0 Å². The number of esters is 1. The number of nitrogens with one attached hydrogen (secondary N) is 1. The number of ether oxygens (including phenoxy) is 1. The SMILES string of the molecule is CCOC(=O)c1csc(-c2cc(-c3ccc(C)c(Br)c3)[nH]c2CC2CC2)n1. The fraction of sp³-hybridized carbons (Fsp3) is 0.333. The summed E-state index contributed by atoms with van der Waals surface area (Å²) in [5.41, 5.74) is 6.10. The molecule has 2 heterocycles. The molecule has 1 saturated carbocycles. The molecule has 0 bridgehead atoms. The minimum absolute atomic E-state index is 0.356. The molecule has 4 rings (SSSR count). The smallest absolute Gasteiger partial charge is 0.357 e. The van der Waals surface area contributed by atoms with E-state index in [2.05, 4.69) is 57.1 Å². The van der Waals surface area contributed by atoms with E-state index >= 15 is 0 Å². The predicted octanol–water partition coefficient (Wildman–Crippen LogP) is 6.01. The number of thiazole rings is 1. The Balaban J connectivity index is 1.71. The molecule has 1 N–H and O–H groups in total. The third kappa shape index (κ3) is 4.01. The fourth-order valence-corrected chi connectivity index (χ4v) is 4.28. The largest absolute Gasteiger partial charge is 0.461 e. The molecule has 1 aromatic carbocycles. The maximum Gasteiger partial charge on any atom is 0.357 e. The van der Waals surface area contributed by atoms with Crippen molar-refractivity contribution in [3.05, 3.63) is 51.1 Å². The molecule has 27 heavy (non-hydrogen) atoms. The average molecular weight is 445 g/mol. The van der Waals surface area contributed by atoms with Crippen molar-refractivity contribution in [2.75, 3.05) is 6.61 Å². The highest BCUT2D eigenvalue weighted by atomic mass is 79.9. The standard InChI is InChI=1S/C21H21BrN2O2S/c1-3-26-21(25)19-11-27-20(24-19)15-10-17(23-18(15)8-13-5-6-13)14-7-4-12(2)16(22)9-14/h4,7,9-11,13,23H,3,5-6,8H2,1-2H3. The number of rotatable bonds is 6. The van der Waals surface area contributed by atoms with Crippen LogP contribution in [0.5, 0.6) is 0 Å². The van der Waals surface area contributed by atoms with E-state index in [-0.39, 0.29) is 5.97 Å². The molecular formula is C21H21BrN2O2S. The molecule has 1 fully saturated rings. The van der Waals surface area contributed by atoms with Crippen LogP contribution in [-0.4, -0.2) is 22.5 Å². The molecule has 0 spiro atoms. The molecule has 140 valence electrons. The van der Waals surface area contributed by atoms with Gasteiger partial charge in [0.05, 0.1) is 6.61 Å². The lowest BCUT2D eigenvalue weighted by molar-refractivity contribution is 0.0520. The normalized spacial score (nSPS) is 13.7. The van der Waals surface area contributed by atoms with Gasteiger partial charge in [-0.1, -0.05) is 28.1 Å². The number of H-pyrrole nitrogens is 1. The number of hydrogen-bond donors (Lipinski definition) is 1. The van der Waals surface area contributed by atoms with Crippen molar-refractivity contribution in [3.63, 3.8) is 0 Å². The summed E-state index contributed by atoms with van der Waals surface area (Å²) >= 11 is 5.11. The molecule has 1 aliphatic rings. The van der Waals surface area contributed by atoms with Crippen LogP contribution in [0, 0.1) is 12.8 Å². The van der Waals surface area contributed by atoms with E-state index < -0.39 is 0 Å². The Kier molecular flexibility index (Phi) is 5.19. The summed E-state index contributed by atoms with van der Waals surface area (Å²) in [5, 5.41) is 2.64. The molecule has 1 aliphatic carbocycles. The number of carbonyl (C=O) groups excluding carboxylic acids is 1. The lowest BCUT2D eigenvalue weighted by atomic mass is 10.1. The lowest BCUT2D eigenvalue weighted by Crippen LogP contribution is -2.04. The first-order valence-corrected chi connectivity index (χ1v) is 10.8. The molecule has 2 aromatic heterocycles. The van der Waals surface area contributed by atoms with Crippen LogP contribution in [0.25, 0.3) is 21.8 Å². The summed E-state index contributed by atoms with van der Waals surface area (Å²) in [7, 11) is 0. The Bertz CT molecular complexity index is 988.